The maximum Gasteiger partial charge on any atom is 0.320 e. The van der Waals surface area contributed by atoms with Gasteiger partial charge in [-0.2, -0.15) is 0 Å². The van der Waals surface area contributed by atoms with E-state index < -0.39 is 12.0 Å². The Morgan fingerprint density at radius 3 is 1.67 bits per heavy atom. The maximum atomic E-state index is 10.6. The molecule has 0 radical (unpaired) electrons. The third-order valence-electron chi connectivity index (χ3n) is 1.81. The molecule has 0 aromatic carbocycles. The largest absolute Gasteiger partial charge is 0.480 e. The monoisotopic (exact) mass is 217 g/mol. The number of nitrogens with two attached hydrogens (primary N) is 1. The highest BCUT2D eigenvalue weighted by molar-refractivity contribution is 5.78. The molecule has 0 aliphatic heterocycles. The molecule has 0 rings (SSSR count). The van der Waals surface area contributed by atoms with Crippen LogP contribution < -0.4 is 5.73 Å². The number of carboxylic acid groups (broad SMARTS) is 1. The average Bonchev–Trinajstić information content (AvgIpc) is 2.18. The van der Waals surface area contributed by atoms with Crippen LogP contribution in [0.4, 0.5) is 0 Å². The fourth-order valence-electron chi connectivity index (χ4n) is 0.857. The first-order chi connectivity index (χ1) is 6.99. The van der Waals surface area contributed by atoms with Gasteiger partial charge in [-0.1, -0.05) is 20.8 Å². The summed E-state index contributed by atoms with van der Waals surface area (Å²) in [5, 5.41) is 8.06. The molecule has 15 heavy (non-hydrogen) atoms. The van der Waals surface area contributed by atoms with E-state index in [-0.39, 0.29) is 0 Å². The number of aliphatic carboxylic acids is 1. The van der Waals surface area contributed by atoms with Crippen molar-refractivity contribution in [1.29, 1.82) is 0 Å². The molecule has 4 heteroatoms. The standard InChI is InChI=1S/C7H14O.C4H9NO2/c1-3-5-7(8)6-4-2;1-2-3(5)4(6)7/h3-6H2,1-2H3;3H,2,5H2,1H3,(H,6,7). The van der Waals surface area contributed by atoms with Gasteiger partial charge in [0.2, 0.25) is 0 Å². The van der Waals surface area contributed by atoms with Crippen LogP contribution in [0.15, 0.2) is 0 Å². The second-order valence-corrected chi connectivity index (χ2v) is 3.39. The molecular formula is C11H23NO3. The van der Waals surface area contributed by atoms with E-state index in [0.717, 1.165) is 25.7 Å². The lowest BCUT2D eigenvalue weighted by molar-refractivity contribution is -0.138. The maximum absolute atomic E-state index is 10.6. The zero-order valence-electron chi connectivity index (χ0n) is 9.95. The molecule has 90 valence electrons. The highest BCUT2D eigenvalue weighted by atomic mass is 16.4. The minimum Gasteiger partial charge on any atom is -0.480 e. The number of Topliss-reactive ketones (excluding diaryl/α,β-unsaturated/α-hetero) is 1. The zero-order chi connectivity index (χ0) is 12.3. The predicted molar refractivity (Wildman–Crippen MR) is 60.7 cm³/mol. The Morgan fingerprint density at radius 2 is 1.53 bits per heavy atom. The lowest BCUT2D eigenvalue weighted by Crippen LogP contribution is -2.28. The second kappa shape index (κ2) is 11.2. The molecule has 0 spiro atoms. The number of ketones is 1. The van der Waals surface area contributed by atoms with Crippen molar-refractivity contribution in [3.8, 4) is 0 Å². The van der Waals surface area contributed by atoms with Crippen LogP contribution in [0.25, 0.3) is 0 Å². The molecule has 0 aromatic rings. The molecule has 0 aliphatic carbocycles. The van der Waals surface area contributed by atoms with E-state index in [1.165, 1.54) is 0 Å². The van der Waals surface area contributed by atoms with Gasteiger partial charge in [0, 0.05) is 12.8 Å². The van der Waals surface area contributed by atoms with E-state index in [1.54, 1.807) is 6.92 Å². The van der Waals surface area contributed by atoms with E-state index in [0.29, 0.717) is 12.2 Å². The summed E-state index contributed by atoms with van der Waals surface area (Å²) in [6.45, 7) is 5.81. The molecule has 0 aliphatic rings. The van der Waals surface area contributed by atoms with Gasteiger partial charge in [-0.25, -0.2) is 0 Å². The van der Waals surface area contributed by atoms with Crippen LogP contribution in [-0.4, -0.2) is 22.9 Å². The van der Waals surface area contributed by atoms with E-state index in [9.17, 15) is 9.59 Å². The van der Waals surface area contributed by atoms with Gasteiger partial charge in [0.1, 0.15) is 11.8 Å². The van der Waals surface area contributed by atoms with Crippen molar-refractivity contribution < 1.29 is 14.7 Å². The van der Waals surface area contributed by atoms with E-state index in [2.05, 4.69) is 0 Å². The lowest BCUT2D eigenvalue weighted by Gasteiger charge is -1.97. The summed E-state index contributed by atoms with van der Waals surface area (Å²) >= 11 is 0. The quantitative estimate of drug-likeness (QED) is 0.712. The number of carboxylic acids is 1. The molecule has 0 saturated carbocycles. The van der Waals surface area contributed by atoms with Crippen molar-refractivity contribution in [2.75, 3.05) is 0 Å². The van der Waals surface area contributed by atoms with Crippen LogP contribution in [0.3, 0.4) is 0 Å². The number of hydrogen-bond donors (Lipinski definition) is 2. The molecule has 3 N–H and O–H groups in total. The lowest BCUT2D eigenvalue weighted by atomic mass is 10.1. The summed E-state index contributed by atoms with van der Waals surface area (Å²) in [5.74, 6) is -0.516. The number of hydrogen-bond acceptors (Lipinski definition) is 3. The molecule has 4 nitrogen and oxygen atoms in total. The minimum atomic E-state index is -0.928. The van der Waals surface area contributed by atoms with E-state index in [1.807, 2.05) is 13.8 Å². The highest BCUT2D eigenvalue weighted by Gasteiger charge is 2.05. The van der Waals surface area contributed by atoms with Gasteiger partial charge in [0.05, 0.1) is 0 Å². The molecule has 0 bridgehead atoms. The molecule has 0 heterocycles. The van der Waals surface area contributed by atoms with Crippen molar-refractivity contribution in [3.63, 3.8) is 0 Å². The summed E-state index contributed by atoms with van der Waals surface area (Å²) in [4.78, 5) is 20.4. The van der Waals surface area contributed by atoms with Gasteiger partial charge >= 0.3 is 5.97 Å². The van der Waals surface area contributed by atoms with Crippen LogP contribution in [0, 0.1) is 0 Å². The molecule has 1 atom stereocenters. The van der Waals surface area contributed by atoms with E-state index in [4.69, 9.17) is 10.8 Å². The summed E-state index contributed by atoms with van der Waals surface area (Å²) in [6, 6.07) is -0.681. The zero-order valence-corrected chi connectivity index (χ0v) is 9.95. The van der Waals surface area contributed by atoms with Crippen LogP contribution in [0.5, 0.6) is 0 Å². The van der Waals surface area contributed by atoms with Crippen LogP contribution in [0.2, 0.25) is 0 Å². The first kappa shape index (κ1) is 16.5. The SMILES string of the molecule is CCC(N)C(=O)O.CCCC(=O)CCC. The van der Waals surface area contributed by atoms with Gasteiger partial charge in [0.15, 0.2) is 0 Å². The summed E-state index contributed by atoms with van der Waals surface area (Å²) in [6.07, 6.45) is 4.04. The Morgan fingerprint density at radius 1 is 1.13 bits per heavy atom. The normalized spacial score (nSPS) is 11.2. The van der Waals surface area contributed by atoms with Crippen LogP contribution in [0.1, 0.15) is 52.9 Å². The van der Waals surface area contributed by atoms with Gasteiger partial charge in [-0.15, -0.1) is 0 Å². The van der Waals surface area contributed by atoms with Crippen molar-refractivity contribution in [2.45, 2.75) is 58.9 Å². The second-order valence-electron chi connectivity index (χ2n) is 3.39. The first-order valence-electron chi connectivity index (χ1n) is 5.49. The smallest absolute Gasteiger partial charge is 0.320 e. The number of rotatable bonds is 6. The molecular weight excluding hydrogens is 194 g/mol. The Labute approximate surface area is 91.9 Å². The predicted octanol–water partition coefficient (Wildman–Crippen LogP) is 1.96. The third kappa shape index (κ3) is 13.1. The van der Waals surface area contributed by atoms with Gasteiger partial charge in [-0.05, 0) is 19.3 Å². The molecule has 1 unspecified atom stereocenters. The van der Waals surface area contributed by atoms with Gasteiger partial charge < -0.3 is 10.8 Å². The Kier molecular flexibility index (Phi) is 12.3. The third-order valence-corrected chi connectivity index (χ3v) is 1.81. The van der Waals surface area contributed by atoms with Crippen molar-refractivity contribution in [2.24, 2.45) is 5.73 Å². The summed E-state index contributed by atoms with van der Waals surface area (Å²) in [7, 11) is 0. The molecule has 0 aromatic heterocycles. The Balaban J connectivity index is 0. The summed E-state index contributed by atoms with van der Waals surface area (Å²) in [5.41, 5.74) is 5.02. The fraction of sp³-hybridized carbons (Fsp3) is 0.818. The Bertz CT molecular complexity index is 173. The Hall–Kier alpha value is -0.900. The van der Waals surface area contributed by atoms with Gasteiger partial charge in [0.25, 0.3) is 0 Å². The van der Waals surface area contributed by atoms with E-state index >= 15 is 0 Å². The first-order valence-corrected chi connectivity index (χ1v) is 5.49. The van der Waals surface area contributed by atoms with Crippen LogP contribution >= 0.6 is 0 Å². The van der Waals surface area contributed by atoms with Gasteiger partial charge in [-0.3, -0.25) is 9.59 Å². The van der Waals surface area contributed by atoms with Crippen LogP contribution in [-0.2, 0) is 9.59 Å². The average molecular weight is 217 g/mol. The van der Waals surface area contributed by atoms with Crippen molar-refractivity contribution in [3.05, 3.63) is 0 Å². The molecule has 0 amide bonds. The molecule has 0 fully saturated rings. The fourth-order valence-corrected chi connectivity index (χ4v) is 0.857. The highest BCUT2D eigenvalue weighted by Crippen LogP contribution is 1.95. The number of carbonyl (C=O) groups is 2. The topological polar surface area (TPSA) is 80.4 Å². The van der Waals surface area contributed by atoms with Crippen molar-refractivity contribution in [1.82, 2.24) is 0 Å². The minimum absolute atomic E-state index is 0.412. The molecule has 0 saturated heterocycles. The number of carbonyl (C=O) groups excluding carboxylic acids is 1. The van der Waals surface area contributed by atoms with Crippen molar-refractivity contribution >= 4 is 11.8 Å². The summed E-state index contributed by atoms with van der Waals surface area (Å²) < 4.78 is 0.